The quantitative estimate of drug-likeness (QED) is 0.311. The van der Waals surface area contributed by atoms with Gasteiger partial charge in [-0.1, -0.05) is 18.2 Å². The second-order valence-electron chi connectivity index (χ2n) is 7.74. The maximum absolute atomic E-state index is 11.9. The molecule has 5 rings (SSSR count). The first-order chi connectivity index (χ1) is 17.4. The molecule has 3 aromatic rings. The van der Waals surface area contributed by atoms with Gasteiger partial charge in [0.15, 0.2) is 28.1 Å². The van der Waals surface area contributed by atoms with E-state index in [9.17, 15) is 4.79 Å². The van der Waals surface area contributed by atoms with Gasteiger partial charge >= 0.3 is 0 Å². The van der Waals surface area contributed by atoms with Gasteiger partial charge in [-0.2, -0.15) is 0 Å². The zero-order valence-corrected chi connectivity index (χ0v) is 21.1. The Kier molecular flexibility index (Phi) is 7.21. The van der Waals surface area contributed by atoms with Crippen LogP contribution in [0.15, 0.2) is 66.9 Å². The zero-order valence-electron chi connectivity index (χ0n) is 20.3. The molecule has 2 aliphatic rings. The number of ether oxygens (including phenoxy) is 4. The van der Waals surface area contributed by atoms with Crippen LogP contribution in [0, 0.1) is 0 Å². The number of rotatable bonds is 6. The highest BCUT2D eigenvalue weighted by Crippen LogP contribution is 2.40. The number of hydrogen-bond donors (Lipinski definition) is 1. The molecule has 0 unspecified atom stereocenters. The molecular weight excluding hydrogens is 478 g/mol. The highest BCUT2D eigenvalue weighted by Gasteiger charge is 2.18. The first-order valence-electron chi connectivity index (χ1n) is 10.9. The lowest BCUT2D eigenvalue weighted by molar-refractivity contribution is -0.115. The number of carbonyl (C=O) groups excluding carboxylic acids is 1. The normalized spacial score (nSPS) is 10.6. The Labute approximate surface area is 214 Å². The minimum Gasteiger partial charge on any atom is -0.493 e. The van der Waals surface area contributed by atoms with Gasteiger partial charge in [0, 0.05) is 30.6 Å². The largest absolute Gasteiger partial charge is 0.493 e. The Morgan fingerprint density at radius 3 is 2.00 bits per heavy atom. The first-order valence-corrected chi connectivity index (χ1v) is 11.3. The molecule has 9 heteroatoms. The van der Waals surface area contributed by atoms with Crippen molar-refractivity contribution in [2.75, 3.05) is 26.2 Å². The summed E-state index contributed by atoms with van der Waals surface area (Å²) >= 11 is 4.97. The van der Waals surface area contributed by atoms with E-state index in [0.29, 0.717) is 40.0 Å². The van der Waals surface area contributed by atoms with Gasteiger partial charge in [-0.15, -0.1) is 0 Å². The number of thiocarbonyl (C=S) groups is 1. The standard InChI is InChI=1S/C21H21N3O5S.C6H4/c1-12(25)24(21(22)30)13-5-6-17(18(9-13)26-2)29-16-7-8-23-15-11-20(28-4)19(27-3)10-14(15)16;1-2-5-4-6(5)3-1/h5-11H,1-4H3,(H2,22,30);1-4H. The van der Waals surface area contributed by atoms with Gasteiger partial charge in [0.05, 0.1) is 32.5 Å². The van der Waals surface area contributed by atoms with Gasteiger partial charge < -0.3 is 24.7 Å². The lowest BCUT2D eigenvalue weighted by Gasteiger charge is -2.20. The summed E-state index contributed by atoms with van der Waals surface area (Å²) in [7, 11) is 4.63. The average molecular weight is 504 g/mol. The Morgan fingerprint density at radius 1 is 0.833 bits per heavy atom. The van der Waals surface area contributed by atoms with E-state index in [0.717, 1.165) is 5.39 Å². The Balaban J connectivity index is 0.000000434. The average Bonchev–Trinajstić information content (AvgIpc) is 3.47. The molecule has 0 aliphatic heterocycles. The molecule has 1 aromatic heterocycles. The predicted molar refractivity (Wildman–Crippen MR) is 143 cm³/mol. The van der Waals surface area contributed by atoms with Crippen LogP contribution in [0.5, 0.6) is 28.7 Å². The molecule has 1 amide bonds. The van der Waals surface area contributed by atoms with Crippen molar-refractivity contribution >= 4 is 39.8 Å². The van der Waals surface area contributed by atoms with Gasteiger partial charge in [-0.3, -0.25) is 14.7 Å². The third-order valence-corrected chi connectivity index (χ3v) is 5.66. The molecule has 2 aromatic carbocycles. The van der Waals surface area contributed by atoms with Crippen LogP contribution < -0.4 is 29.6 Å². The van der Waals surface area contributed by atoms with E-state index in [-0.39, 0.29) is 11.0 Å². The monoisotopic (exact) mass is 503 g/mol. The minimum atomic E-state index is -0.306. The van der Waals surface area contributed by atoms with Crippen molar-refractivity contribution in [3.63, 3.8) is 0 Å². The molecule has 0 saturated carbocycles. The molecule has 0 radical (unpaired) electrons. The summed E-state index contributed by atoms with van der Waals surface area (Å²) in [5, 5.41) is 0.675. The number of anilines is 1. The third kappa shape index (κ3) is 5.16. The lowest BCUT2D eigenvalue weighted by atomic mass is 10.1. The van der Waals surface area contributed by atoms with Crippen LogP contribution in [0.25, 0.3) is 22.0 Å². The summed E-state index contributed by atoms with van der Waals surface area (Å²) in [5.41, 5.74) is 9.68. The topological polar surface area (TPSA) is 96.1 Å². The van der Waals surface area contributed by atoms with Crippen LogP contribution >= 0.6 is 12.2 Å². The van der Waals surface area contributed by atoms with Crippen LogP contribution in [-0.2, 0) is 4.79 Å². The van der Waals surface area contributed by atoms with E-state index < -0.39 is 0 Å². The summed E-state index contributed by atoms with van der Waals surface area (Å²) < 4.78 is 22.3. The van der Waals surface area contributed by atoms with Gasteiger partial charge in [-0.25, -0.2) is 0 Å². The third-order valence-electron chi connectivity index (χ3n) is 5.48. The van der Waals surface area contributed by atoms with E-state index in [1.165, 1.54) is 30.1 Å². The van der Waals surface area contributed by atoms with Crippen LogP contribution in [0.4, 0.5) is 5.69 Å². The Morgan fingerprint density at radius 2 is 1.47 bits per heavy atom. The van der Waals surface area contributed by atoms with Crippen LogP contribution in [0.1, 0.15) is 6.92 Å². The minimum absolute atomic E-state index is 0.0561. The van der Waals surface area contributed by atoms with Crippen LogP contribution in [-0.4, -0.2) is 37.3 Å². The number of nitrogens with zero attached hydrogens (tertiary/aromatic N) is 2. The summed E-state index contributed by atoms with van der Waals surface area (Å²) in [6, 6.07) is 18.8. The summed E-state index contributed by atoms with van der Waals surface area (Å²) in [5.74, 6) is 2.21. The Bertz CT molecular complexity index is 1430. The van der Waals surface area contributed by atoms with Crippen LogP contribution in [0.3, 0.4) is 0 Å². The van der Waals surface area contributed by atoms with Crippen molar-refractivity contribution in [3.8, 4) is 39.9 Å². The molecule has 0 bridgehead atoms. The van der Waals surface area contributed by atoms with Gasteiger partial charge in [-0.05, 0) is 53.7 Å². The predicted octanol–water partition coefficient (Wildman–Crippen LogP) is 5.32. The number of aromatic nitrogens is 1. The Hall–Kier alpha value is -4.37. The highest BCUT2D eigenvalue weighted by molar-refractivity contribution is 7.80. The van der Waals surface area contributed by atoms with Gasteiger partial charge in [0.1, 0.15) is 5.75 Å². The fourth-order valence-corrected chi connectivity index (χ4v) is 3.91. The van der Waals surface area contributed by atoms with E-state index in [1.54, 1.807) is 56.8 Å². The van der Waals surface area contributed by atoms with E-state index in [4.69, 9.17) is 36.9 Å². The van der Waals surface area contributed by atoms with Crippen LogP contribution in [0.2, 0.25) is 0 Å². The maximum Gasteiger partial charge on any atom is 0.230 e. The molecule has 36 heavy (non-hydrogen) atoms. The van der Waals surface area contributed by atoms with E-state index >= 15 is 0 Å². The zero-order chi connectivity index (χ0) is 25.8. The second kappa shape index (κ2) is 10.5. The molecule has 184 valence electrons. The van der Waals surface area contributed by atoms with E-state index in [1.807, 2.05) is 0 Å². The number of fused-ring (bicyclic) bond motifs is 2. The van der Waals surface area contributed by atoms with Crippen molar-refractivity contribution in [2.24, 2.45) is 5.73 Å². The fourth-order valence-electron chi connectivity index (χ4n) is 3.67. The second-order valence-corrected chi connectivity index (χ2v) is 8.16. The smallest absolute Gasteiger partial charge is 0.230 e. The molecule has 2 aliphatic carbocycles. The molecule has 8 nitrogen and oxygen atoms in total. The molecule has 1 heterocycles. The number of methoxy groups -OCH3 is 3. The number of pyridine rings is 1. The van der Waals surface area contributed by atoms with Gasteiger partial charge in [0.2, 0.25) is 5.91 Å². The molecule has 2 N–H and O–H groups in total. The number of hydrogen-bond acceptors (Lipinski definition) is 7. The van der Waals surface area contributed by atoms with Crippen molar-refractivity contribution in [1.29, 1.82) is 0 Å². The number of benzene rings is 3. The number of amides is 1. The molecular formula is C27H25N3O5S. The highest BCUT2D eigenvalue weighted by atomic mass is 32.1. The molecule has 0 spiro atoms. The van der Waals surface area contributed by atoms with Crippen molar-refractivity contribution in [3.05, 3.63) is 66.9 Å². The lowest BCUT2D eigenvalue weighted by Crippen LogP contribution is -2.39. The molecule has 0 saturated heterocycles. The fraction of sp³-hybridized carbons (Fsp3) is 0.148. The summed E-state index contributed by atoms with van der Waals surface area (Å²) in [6.07, 6.45) is 1.63. The maximum atomic E-state index is 11.9. The number of carbonyl (C=O) groups is 1. The molecule has 0 atom stereocenters. The summed E-state index contributed by atoms with van der Waals surface area (Å²) in [6.45, 7) is 1.38. The SMILES string of the molecule is COc1cc2nccc(Oc3ccc(N(C(C)=O)C(N)=S)cc3OC)c2cc1OC.c1cc2cc-2c1. The first kappa shape index (κ1) is 24.7. The van der Waals surface area contributed by atoms with Gasteiger partial charge in [0.25, 0.3) is 0 Å². The summed E-state index contributed by atoms with van der Waals surface area (Å²) in [4.78, 5) is 17.5. The number of nitrogens with two attached hydrogens (primary N) is 1. The van der Waals surface area contributed by atoms with Crippen molar-refractivity contribution in [1.82, 2.24) is 4.98 Å². The molecule has 0 fully saturated rings. The van der Waals surface area contributed by atoms with Crippen molar-refractivity contribution < 1.29 is 23.7 Å². The van der Waals surface area contributed by atoms with E-state index in [2.05, 4.69) is 29.2 Å². The van der Waals surface area contributed by atoms with Crippen molar-refractivity contribution in [2.45, 2.75) is 6.92 Å².